The fraction of sp³-hybridized carbons (Fsp3) is 0.846. The molecule has 0 radical (unpaired) electrons. The maximum atomic E-state index is 11.6. The van der Waals surface area contributed by atoms with E-state index in [0.717, 1.165) is 25.7 Å². The number of urea groups is 1. The Morgan fingerprint density at radius 2 is 1.80 bits per heavy atom. The van der Waals surface area contributed by atoms with Gasteiger partial charge in [-0.15, -0.1) is 12.4 Å². The molecule has 3 amide bonds. The average molecular weight is 307 g/mol. The third kappa shape index (κ3) is 7.55. The van der Waals surface area contributed by atoms with Gasteiger partial charge in [-0.2, -0.15) is 0 Å². The molecule has 20 heavy (non-hydrogen) atoms. The Morgan fingerprint density at radius 3 is 2.35 bits per heavy atom. The molecule has 1 rings (SSSR count). The van der Waals surface area contributed by atoms with Gasteiger partial charge < -0.3 is 21.7 Å². The van der Waals surface area contributed by atoms with Crippen LogP contribution < -0.4 is 21.7 Å². The molecular weight excluding hydrogens is 280 g/mol. The molecule has 0 unspecified atom stereocenters. The molecular formula is C13H27ClN4O2. The minimum Gasteiger partial charge on any atom is -0.348 e. The molecule has 0 spiro atoms. The minimum absolute atomic E-state index is 0. The molecule has 1 aliphatic carbocycles. The van der Waals surface area contributed by atoms with Crippen molar-refractivity contribution in [2.75, 3.05) is 13.1 Å². The van der Waals surface area contributed by atoms with E-state index in [2.05, 4.69) is 16.0 Å². The zero-order valence-corrected chi connectivity index (χ0v) is 13.1. The number of carbonyl (C=O) groups excluding carboxylic acids is 2. The lowest BCUT2D eigenvalue weighted by Crippen LogP contribution is -2.53. The number of nitrogens with one attached hydrogen (secondary N) is 3. The average Bonchev–Trinajstić information content (AvgIpc) is 2.37. The molecule has 1 fully saturated rings. The van der Waals surface area contributed by atoms with Gasteiger partial charge in [0.15, 0.2) is 0 Å². The Balaban J connectivity index is 0.00000361. The number of rotatable bonds is 5. The zero-order chi connectivity index (χ0) is 14.3. The summed E-state index contributed by atoms with van der Waals surface area (Å²) in [4.78, 5) is 23.2. The first-order valence-corrected chi connectivity index (χ1v) is 6.98. The van der Waals surface area contributed by atoms with Crippen LogP contribution in [-0.2, 0) is 4.79 Å². The van der Waals surface area contributed by atoms with Crippen molar-refractivity contribution >= 4 is 24.3 Å². The highest BCUT2D eigenvalue weighted by Gasteiger charge is 2.19. The minimum atomic E-state index is -0.446. The van der Waals surface area contributed by atoms with E-state index in [0.29, 0.717) is 6.54 Å². The Bertz CT molecular complexity index is 317. The van der Waals surface area contributed by atoms with Crippen molar-refractivity contribution in [3.05, 3.63) is 0 Å². The normalized spacial score (nSPS) is 15.9. The summed E-state index contributed by atoms with van der Waals surface area (Å²) >= 11 is 0. The molecule has 6 nitrogen and oxygen atoms in total. The summed E-state index contributed by atoms with van der Waals surface area (Å²) in [6.07, 6.45) is 5.63. The topological polar surface area (TPSA) is 96.2 Å². The third-order valence-corrected chi connectivity index (χ3v) is 3.34. The molecule has 5 N–H and O–H groups in total. The monoisotopic (exact) mass is 306 g/mol. The SMILES string of the molecule is CC(C)(CN)NC(=O)CNC(=O)NC1CCCCC1.Cl. The van der Waals surface area contributed by atoms with Crippen molar-refractivity contribution < 1.29 is 9.59 Å². The van der Waals surface area contributed by atoms with Crippen molar-refractivity contribution in [1.29, 1.82) is 0 Å². The lowest BCUT2D eigenvalue weighted by atomic mass is 9.96. The van der Waals surface area contributed by atoms with Gasteiger partial charge in [0.2, 0.25) is 5.91 Å². The van der Waals surface area contributed by atoms with Gasteiger partial charge in [-0.25, -0.2) is 4.79 Å². The predicted octanol–water partition coefficient (Wildman–Crippen LogP) is 0.894. The van der Waals surface area contributed by atoms with E-state index in [9.17, 15) is 9.59 Å². The van der Waals surface area contributed by atoms with Crippen LogP contribution in [-0.4, -0.2) is 36.6 Å². The fourth-order valence-electron chi connectivity index (χ4n) is 2.12. The summed E-state index contributed by atoms with van der Waals surface area (Å²) in [5, 5.41) is 8.23. The van der Waals surface area contributed by atoms with Gasteiger partial charge in [-0.1, -0.05) is 19.3 Å². The first-order chi connectivity index (χ1) is 8.93. The number of hydrogen-bond donors (Lipinski definition) is 4. The lowest BCUT2D eigenvalue weighted by Gasteiger charge is -2.25. The van der Waals surface area contributed by atoms with E-state index < -0.39 is 5.54 Å². The second-order valence-electron chi connectivity index (χ2n) is 5.80. The maximum absolute atomic E-state index is 11.6. The van der Waals surface area contributed by atoms with Crippen molar-refractivity contribution in [3.63, 3.8) is 0 Å². The van der Waals surface area contributed by atoms with Gasteiger partial charge in [0.1, 0.15) is 0 Å². The summed E-state index contributed by atoms with van der Waals surface area (Å²) in [7, 11) is 0. The smallest absolute Gasteiger partial charge is 0.315 e. The van der Waals surface area contributed by atoms with Crippen LogP contribution in [0.1, 0.15) is 46.0 Å². The molecule has 118 valence electrons. The second kappa shape index (κ2) is 9.02. The first-order valence-electron chi connectivity index (χ1n) is 6.98. The summed E-state index contributed by atoms with van der Waals surface area (Å²) in [5.74, 6) is -0.228. The van der Waals surface area contributed by atoms with Crippen molar-refractivity contribution in [3.8, 4) is 0 Å². The van der Waals surface area contributed by atoms with E-state index in [1.807, 2.05) is 13.8 Å². The Hall–Kier alpha value is -1.01. The number of halogens is 1. The van der Waals surface area contributed by atoms with Gasteiger partial charge in [0.25, 0.3) is 0 Å². The molecule has 0 saturated heterocycles. The summed E-state index contributed by atoms with van der Waals surface area (Å²) in [5.41, 5.74) is 5.07. The highest BCUT2D eigenvalue weighted by Crippen LogP contribution is 2.16. The third-order valence-electron chi connectivity index (χ3n) is 3.34. The molecule has 0 aliphatic heterocycles. The molecule has 7 heteroatoms. The highest BCUT2D eigenvalue weighted by molar-refractivity contribution is 5.85. The van der Waals surface area contributed by atoms with Crippen LogP contribution in [0.15, 0.2) is 0 Å². The maximum Gasteiger partial charge on any atom is 0.315 e. The summed E-state index contributed by atoms with van der Waals surface area (Å²) in [6, 6.07) is -0.0232. The molecule has 0 heterocycles. The van der Waals surface area contributed by atoms with E-state index in [1.165, 1.54) is 6.42 Å². The number of carbonyl (C=O) groups is 2. The quantitative estimate of drug-likeness (QED) is 0.607. The van der Waals surface area contributed by atoms with E-state index in [4.69, 9.17) is 5.73 Å². The molecule has 0 bridgehead atoms. The van der Waals surface area contributed by atoms with E-state index in [-0.39, 0.29) is 36.9 Å². The molecule has 1 saturated carbocycles. The van der Waals surface area contributed by atoms with Gasteiger partial charge in [-0.05, 0) is 26.7 Å². The second-order valence-corrected chi connectivity index (χ2v) is 5.80. The van der Waals surface area contributed by atoms with E-state index in [1.54, 1.807) is 0 Å². The highest BCUT2D eigenvalue weighted by atomic mass is 35.5. The van der Waals surface area contributed by atoms with Crippen LogP contribution in [0.4, 0.5) is 4.79 Å². The van der Waals surface area contributed by atoms with Crippen LogP contribution in [0.25, 0.3) is 0 Å². The van der Waals surface area contributed by atoms with Crippen molar-refractivity contribution in [2.45, 2.75) is 57.5 Å². The van der Waals surface area contributed by atoms with Crippen LogP contribution in [0.5, 0.6) is 0 Å². The lowest BCUT2D eigenvalue weighted by molar-refractivity contribution is -0.121. The summed E-state index contributed by atoms with van der Waals surface area (Å²) < 4.78 is 0. The molecule has 0 aromatic carbocycles. The van der Waals surface area contributed by atoms with Crippen molar-refractivity contribution in [1.82, 2.24) is 16.0 Å². The van der Waals surface area contributed by atoms with Crippen LogP contribution in [0, 0.1) is 0 Å². The van der Waals surface area contributed by atoms with Crippen LogP contribution in [0.2, 0.25) is 0 Å². The largest absolute Gasteiger partial charge is 0.348 e. The number of nitrogens with two attached hydrogens (primary N) is 1. The predicted molar refractivity (Wildman–Crippen MR) is 81.9 cm³/mol. The fourth-order valence-corrected chi connectivity index (χ4v) is 2.12. The Kier molecular flexibility index (Phi) is 8.57. The van der Waals surface area contributed by atoms with Crippen molar-refractivity contribution in [2.24, 2.45) is 5.73 Å². The molecule has 0 aromatic rings. The summed E-state index contributed by atoms with van der Waals surface area (Å²) in [6.45, 7) is 4.01. The van der Waals surface area contributed by atoms with Gasteiger partial charge in [0, 0.05) is 18.1 Å². The van der Waals surface area contributed by atoms with Gasteiger partial charge in [-0.3, -0.25) is 4.79 Å². The number of hydrogen-bond acceptors (Lipinski definition) is 3. The molecule has 0 aromatic heterocycles. The van der Waals surface area contributed by atoms with Crippen LogP contribution in [0.3, 0.4) is 0 Å². The first kappa shape index (κ1) is 19.0. The number of amides is 3. The Labute approximate surface area is 127 Å². The standard InChI is InChI=1S/C13H26N4O2.ClH/c1-13(2,9-14)17-11(18)8-15-12(19)16-10-6-4-3-5-7-10;/h10H,3-9,14H2,1-2H3,(H,17,18)(H2,15,16,19);1H. The molecule has 1 aliphatic rings. The zero-order valence-electron chi connectivity index (χ0n) is 12.3. The Morgan fingerprint density at radius 1 is 1.20 bits per heavy atom. The molecule has 0 atom stereocenters. The van der Waals surface area contributed by atoms with Gasteiger partial charge in [0.05, 0.1) is 6.54 Å². The van der Waals surface area contributed by atoms with E-state index >= 15 is 0 Å². The van der Waals surface area contributed by atoms with Gasteiger partial charge >= 0.3 is 6.03 Å². The van der Waals surface area contributed by atoms with Crippen LogP contribution >= 0.6 is 12.4 Å².